The molecule has 1 heterocycles. The van der Waals surface area contributed by atoms with Gasteiger partial charge in [-0.05, 0) is 62.2 Å². The van der Waals surface area contributed by atoms with Crippen molar-refractivity contribution in [1.82, 2.24) is 9.99 Å². The third-order valence-electron chi connectivity index (χ3n) is 6.03. The molecule has 0 bridgehead atoms. The molecule has 1 aromatic heterocycles. The van der Waals surface area contributed by atoms with Gasteiger partial charge in [-0.15, -0.1) is 0 Å². The Hall–Kier alpha value is -3.04. The Bertz CT molecular complexity index is 1600. The standard InChI is InChI=1S/C27H22Cl3N3O4S/c1-16-5-11-20(12-6-16)38(34,35)33-31-14-18-9-10-19(13-24(18)30)36-15-21-26(32-37-27(21)17-7-8-17)25-22(28)3-2-4-23(25)29/h2-6,9-14,17,33H,7-8,15H2,1H3/b31-14+. The van der Waals surface area contributed by atoms with E-state index in [9.17, 15) is 8.42 Å². The summed E-state index contributed by atoms with van der Waals surface area (Å²) in [6.45, 7) is 2.05. The molecule has 11 heteroatoms. The zero-order valence-electron chi connectivity index (χ0n) is 20.1. The van der Waals surface area contributed by atoms with E-state index in [-0.39, 0.29) is 11.5 Å². The number of hydrogen-bond donors (Lipinski definition) is 1. The topological polar surface area (TPSA) is 93.8 Å². The molecular weight excluding hydrogens is 569 g/mol. The summed E-state index contributed by atoms with van der Waals surface area (Å²) in [6.07, 6.45) is 3.37. The fourth-order valence-corrected chi connectivity index (χ4v) is 5.43. The van der Waals surface area contributed by atoms with Crippen molar-refractivity contribution in [2.75, 3.05) is 0 Å². The van der Waals surface area contributed by atoms with Crippen LogP contribution in [0.3, 0.4) is 0 Å². The van der Waals surface area contributed by atoms with E-state index in [4.69, 9.17) is 44.1 Å². The van der Waals surface area contributed by atoms with E-state index in [0.717, 1.165) is 29.7 Å². The van der Waals surface area contributed by atoms with Crippen LogP contribution in [0.4, 0.5) is 0 Å². The van der Waals surface area contributed by atoms with Gasteiger partial charge in [0.15, 0.2) is 0 Å². The molecule has 1 aliphatic carbocycles. The number of ether oxygens (including phenoxy) is 1. The van der Waals surface area contributed by atoms with Crippen LogP contribution in [0.15, 0.2) is 75.2 Å². The molecule has 0 unspecified atom stereocenters. The van der Waals surface area contributed by atoms with Crippen LogP contribution in [0, 0.1) is 6.92 Å². The average Bonchev–Trinajstić information content (AvgIpc) is 3.64. The van der Waals surface area contributed by atoms with Crippen LogP contribution < -0.4 is 9.57 Å². The van der Waals surface area contributed by atoms with Gasteiger partial charge in [0.2, 0.25) is 0 Å². The van der Waals surface area contributed by atoms with Gasteiger partial charge in [0, 0.05) is 17.0 Å². The van der Waals surface area contributed by atoms with E-state index in [0.29, 0.717) is 43.6 Å². The van der Waals surface area contributed by atoms with E-state index >= 15 is 0 Å². The highest BCUT2D eigenvalue weighted by Gasteiger charge is 2.33. The lowest BCUT2D eigenvalue weighted by Crippen LogP contribution is -2.18. The first-order valence-corrected chi connectivity index (χ1v) is 14.3. The van der Waals surface area contributed by atoms with Gasteiger partial charge < -0.3 is 9.26 Å². The van der Waals surface area contributed by atoms with Crippen LogP contribution in [-0.4, -0.2) is 19.8 Å². The number of aromatic nitrogens is 1. The van der Waals surface area contributed by atoms with Gasteiger partial charge in [0.1, 0.15) is 23.8 Å². The molecule has 5 rings (SSSR count). The fourth-order valence-electron chi connectivity index (χ4n) is 3.84. The van der Waals surface area contributed by atoms with Crippen LogP contribution >= 0.6 is 34.8 Å². The molecule has 0 radical (unpaired) electrons. The molecule has 4 aromatic rings. The smallest absolute Gasteiger partial charge is 0.276 e. The molecular formula is C27H22Cl3N3O4S. The van der Waals surface area contributed by atoms with Crippen LogP contribution in [0.25, 0.3) is 11.3 Å². The summed E-state index contributed by atoms with van der Waals surface area (Å²) in [5, 5.41) is 9.40. The van der Waals surface area contributed by atoms with Crippen molar-refractivity contribution in [2.45, 2.75) is 37.2 Å². The predicted molar refractivity (Wildman–Crippen MR) is 149 cm³/mol. The van der Waals surface area contributed by atoms with Crippen molar-refractivity contribution < 1.29 is 17.7 Å². The number of benzene rings is 3. The average molecular weight is 591 g/mol. The Morgan fingerprint density at radius 2 is 1.76 bits per heavy atom. The van der Waals surface area contributed by atoms with Crippen LogP contribution in [0.5, 0.6) is 5.75 Å². The Kier molecular flexibility index (Phi) is 7.68. The summed E-state index contributed by atoms with van der Waals surface area (Å²) in [5.41, 5.74) is 3.41. The fraction of sp³-hybridized carbons (Fsp3) is 0.185. The van der Waals surface area contributed by atoms with Gasteiger partial charge >= 0.3 is 0 Å². The van der Waals surface area contributed by atoms with E-state index in [2.05, 4.69) is 15.1 Å². The molecule has 1 aliphatic rings. The lowest BCUT2D eigenvalue weighted by atomic mass is 10.0. The first-order chi connectivity index (χ1) is 18.2. The highest BCUT2D eigenvalue weighted by atomic mass is 35.5. The molecule has 0 aliphatic heterocycles. The van der Waals surface area contributed by atoms with Gasteiger partial charge in [-0.25, -0.2) is 4.83 Å². The summed E-state index contributed by atoms with van der Waals surface area (Å²) < 4.78 is 36.6. The van der Waals surface area contributed by atoms with Gasteiger partial charge in [0.05, 0.1) is 31.7 Å². The maximum absolute atomic E-state index is 12.4. The lowest BCUT2D eigenvalue weighted by Gasteiger charge is -2.10. The van der Waals surface area contributed by atoms with Crippen LogP contribution in [0.2, 0.25) is 15.1 Å². The van der Waals surface area contributed by atoms with Gasteiger partial charge in [0.25, 0.3) is 10.0 Å². The molecule has 3 aromatic carbocycles. The van der Waals surface area contributed by atoms with Crippen molar-refractivity contribution in [2.24, 2.45) is 5.10 Å². The molecule has 1 fully saturated rings. The number of nitrogens with zero attached hydrogens (tertiary/aromatic N) is 2. The number of aryl methyl sites for hydroxylation is 1. The summed E-state index contributed by atoms with van der Waals surface area (Å²) in [6, 6.07) is 16.8. The predicted octanol–water partition coefficient (Wildman–Crippen LogP) is 7.38. The number of hydrazone groups is 1. The highest BCUT2D eigenvalue weighted by Crippen LogP contribution is 2.46. The molecule has 196 valence electrons. The Morgan fingerprint density at radius 1 is 1.05 bits per heavy atom. The second-order valence-corrected chi connectivity index (χ2v) is 11.8. The van der Waals surface area contributed by atoms with E-state index < -0.39 is 10.0 Å². The van der Waals surface area contributed by atoms with Gasteiger partial charge in [-0.2, -0.15) is 13.5 Å². The summed E-state index contributed by atoms with van der Waals surface area (Å²) >= 11 is 19.3. The Balaban J connectivity index is 1.31. The Morgan fingerprint density at radius 3 is 2.42 bits per heavy atom. The molecule has 0 saturated heterocycles. The number of hydrogen-bond acceptors (Lipinski definition) is 6. The first-order valence-electron chi connectivity index (χ1n) is 11.7. The summed E-state index contributed by atoms with van der Waals surface area (Å²) in [7, 11) is -3.79. The van der Waals surface area contributed by atoms with Crippen molar-refractivity contribution >= 4 is 51.0 Å². The minimum absolute atomic E-state index is 0.117. The largest absolute Gasteiger partial charge is 0.489 e. The molecule has 7 nitrogen and oxygen atoms in total. The Labute approximate surface area is 235 Å². The van der Waals surface area contributed by atoms with Gasteiger partial charge in [-0.3, -0.25) is 0 Å². The molecule has 38 heavy (non-hydrogen) atoms. The highest BCUT2D eigenvalue weighted by molar-refractivity contribution is 7.89. The second kappa shape index (κ2) is 11.0. The quantitative estimate of drug-likeness (QED) is 0.162. The van der Waals surface area contributed by atoms with Crippen LogP contribution in [0.1, 0.15) is 41.2 Å². The van der Waals surface area contributed by atoms with Crippen molar-refractivity contribution in [3.05, 3.63) is 98.2 Å². The monoisotopic (exact) mass is 589 g/mol. The minimum atomic E-state index is -3.79. The van der Waals surface area contributed by atoms with Gasteiger partial charge in [-0.1, -0.05) is 63.7 Å². The van der Waals surface area contributed by atoms with E-state index in [1.54, 1.807) is 48.5 Å². The van der Waals surface area contributed by atoms with Crippen LogP contribution in [-0.2, 0) is 16.6 Å². The number of nitrogens with one attached hydrogen (secondary N) is 1. The molecule has 0 amide bonds. The number of rotatable bonds is 9. The zero-order chi connectivity index (χ0) is 26.9. The third kappa shape index (κ3) is 5.83. The summed E-state index contributed by atoms with van der Waals surface area (Å²) in [4.78, 5) is 2.31. The molecule has 0 spiro atoms. The van der Waals surface area contributed by atoms with E-state index in [1.807, 2.05) is 6.92 Å². The minimum Gasteiger partial charge on any atom is -0.489 e. The molecule has 1 N–H and O–H groups in total. The number of halogens is 3. The SMILES string of the molecule is Cc1ccc(S(=O)(=O)N/N=C/c2ccc(OCc3c(-c4c(Cl)cccc4Cl)noc3C3CC3)cc2Cl)cc1. The first kappa shape index (κ1) is 26.6. The normalized spacial score (nSPS) is 13.7. The zero-order valence-corrected chi connectivity index (χ0v) is 23.2. The maximum atomic E-state index is 12.4. The van der Waals surface area contributed by atoms with Crippen molar-refractivity contribution in [3.8, 4) is 17.0 Å². The molecule has 1 saturated carbocycles. The maximum Gasteiger partial charge on any atom is 0.276 e. The second-order valence-electron chi connectivity index (χ2n) is 8.88. The molecule has 0 atom stereocenters. The third-order valence-corrected chi connectivity index (χ3v) is 8.22. The van der Waals surface area contributed by atoms with Crippen molar-refractivity contribution in [3.63, 3.8) is 0 Å². The van der Waals surface area contributed by atoms with E-state index in [1.165, 1.54) is 18.3 Å². The lowest BCUT2D eigenvalue weighted by molar-refractivity contribution is 0.300. The van der Waals surface area contributed by atoms with Crippen molar-refractivity contribution in [1.29, 1.82) is 0 Å². The number of sulfonamides is 1. The summed E-state index contributed by atoms with van der Waals surface area (Å²) in [5.74, 6) is 1.57.